The van der Waals surface area contributed by atoms with Gasteiger partial charge in [-0.05, 0) is 36.8 Å². The average Bonchev–Trinajstić information content (AvgIpc) is 3.01. The van der Waals surface area contributed by atoms with Gasteiger partial charge in [-0.3, -0.25) is 19.6 Å². The average molecular weight is 371 g/mol. The second kappa shape index (κ2) is 7.37. The van der Waals surface area contributed by atoms with Crippen LogP contribution in [0.3, 0.4) is 0 Å². The summed E-state index contributed by atoms with van der Waals surface area (Å²) in [6.07, 6.45) is 3.25. The summed E-state index contributed by atoms with van der Waals surface area (Å²) in [5.41, 5.74) is 2.28. The minimum atomic E-state index is -0.475. The molecule has 0 spiro atoms. The molecule has 3 aromatic rings. The number of nitro groups is 1. The molecule has 0 bridgehead atoms. The number of nitrogens with zero attached hydrogens (tertiary/aromatic N) is 3. The van der Waals surface area contributed by atoms with E-state index in [2.05, 4.69) is 10.4 Å². The van der Waals surface area contributed by atoms with Gasteiger partial charge in [-0.15, -0.1) is 0 Å². The molecule has 132 valence electrons. The SMILES string of the molecule is Cc1cc(C(=O)Nc2cnn(Cc3cccc(Cl)c3)c2)ccc1[N+](=O)[O-]. The Morgan fingerprint density at radius 3 is 2.81 bits per heavy atom. The first-order valence-electron chi connectivity index (χ1n) is 7.75. The van der Waals surface area contributed by atoms with Gasteiger partial charge in [0.05, 0.1) is 23.4 Å². The van der Waals surface area contributed by atoms with Crippen LogP contribution in [0.4, 0.5) is 11.4 Å². The number of carbonyl (C=O) groups excluding carboxylic acids is 1. The van der Waals surface area contributed by atoms with Gasteiger partial charge in [0.25, 0.3) is 11.6 Å². The predicted octanol–water partition coefficient (Wildman–Crippen LogP) is 4.05. The maximum Gasteiger partial charge on any atom is 0.272 e. The molecule has 1 heterocycles. The highest BCUT2D eigenvalue weighted by Gasteiger charge is 2.14. The number of nitro benzene ring substituents is 1. The van der Waals surface area contributed by atoms with Crippen molar-refractivity contribution in [2.45, 2.75) is 13.5 Å². The lowest BCUT2D eigenvalue weighted by Gasteiger charge is -2.04. The van der Waals surface area contributed by atoms with E-state index in [0.717, 1.165) is 5.56 Å². The number of rotatable bonds is 5. The van der Waals surface area contributed by atoms with Crippen molar-refractivity contribution in [1.82, 2.24) is 9.78 Å². The normalized spacial score (nSPS) is 10.5. The first-order valence-corrected chi connectivity index (χ1v) is 8.13. The van der Waals surface area contributed by atoms with Crippen LogP contribution in [0.1, 0.15) is 21.5 Å². The lowest BCUT2D eigenvalue weighted by atomic mass is 10.1. The first kappa shape index (κ1) is 17.6. The fourth-order valence-corrected chi connectivity index (χ4v) is 2.75. The monoisotopic (exact) mass is 370 g/mol. The number of benzene rings is 2. The van der Waals surface area contributed by atoms with Gasteiger partial charge >= 0.3 is 0 Å². The number of aromatic nitrogens is 2. The predicted molar refractivity (Wildman–Crippen MR) is 98.6 cm³/mol. The topological polar surface area (TPSA) is 90.1 Å². The lowest BCUT2D eigenvalue weighted by molar-refractivity contribution is -0.385. The number of aryl methyl sites for hydroxylation is 1. The molecule has 1 aromatic heterocycles. The molecule has 26 heavy (non-hydrogen) atoms. The quantitative estimate of drug-likeness (QED) is 0.541. The molecule has 1 N–H and O–H groups in total. The first-order chi connectivity index (χ1) is 12.4. The molecule has 2 aromatic carbocycles. The minimum Gasteiger partial charge on any atom is -0.319 e. The molecule has 0 radical (unpaired) electrons. The fraction of sp³-hybridized carbons (Fsp3) is 0.111. The van der Waals surface area contributed by atoms with Crippen molar-refractivity contribution in [2.24, 2.45) is 0 Å². The van der Waals surface area contributed by atoms with Crippen molar-refractivity contribution in [2.75, 3.05) is 5.32 Å². The molecule has 3 rings (SSSR count). The van der Waals surface area contributed by atoms with Crippen molar-refractivity contribution >= 4 is 28.9 Å². The van der Waals surface area contributed by atoms with Crippen molar-refractivity contribution < 1.29 is 9.72 Å². The summed E-state index contributed by atoms with van der Waals surface area (Å²) in [5, 5.41) is 18.4. The van der Waals surface area contributed by atoms with Crippen LogP contribution in [-0.2, 0) is 6.54 Å². The third-order valence-electron chi connectivity index (χ3n) is 3.78. The molecule has 1 amide bonds. The molecule has 0 aliphatic carbocycles. The highest BCUT2D eigenvalue weighted by atomic mass is 35.5. The Labute approximate surface area is 154 Å². The summed E-state index contributed by atoms with van der Waals surface area (Å²) in [6, 6.07) is 11.7. The van der Waals surface area contributed by atoms with Crippen molar-refractivity contribution in [3.05, 3.63) is 86.7 Å². The molecule has 0 aliphatic heterocycles. The molecule has 0 saturated carbocycles. The number of hydrogen-bond acceptors (Lipinski definition) is 4. The largest absolute Gasteiger partial charge is 0.319 e. The molecule has 0 unspecified atom stereocenters. The van der Waals surface area contributed by atoms with E-state index in [1.54, 1.807) is 30.1 Å². The zero-order valence-corrected chi connectivity index (χ0v) is 14.6. The Balaban J connectivity index is 1.69. The number of anilines is 1. The summed E-state index contributed by atoms with van der Waals surface area (Å²) >= 11 is 5.97. The highest BCUT2D eigenvalue weighted by Crippen LogP contribution is 2.20. The Hall–Kier alpha value is -3.19. The Kier molecular flexibility index (Phi) is 4.99. The molecule has 0 atom stereocenters. The van der Waals surface area contributed by atoms with Crippen LogP contribution in [0.15, 0.2) is 54.9 Å². The van der Waals surface area contributed by atoms with Gasteiger partial charge in [0.1, 0.15) is 0 Å². The Morgan fingerprint density at radius 2 is 2.12 bits per heavy atom. The van der Waals surface area contributed by atoms with Crippen LogP contribution in [0.5, 0.6) is 0 Å². The summed E-state index contributed by atoms with van der Waals surface area (Å²) in [5.74, 6) is -0.356. The van der Waals surface area contributed by atoms with Crippen LogP contribution < -0.4 is 5.32 Å². The lowest BCUT2D eigenvalue weighted by Crippen LogP contribution is -2.12. The fourth-order valence-electron chi connectivity index (χ4n) is 2.54. The van der Waals surface area contributed by atoms with Gasteiger partial charge in [-0.1, -0.05) is 23.7 Å². The van der Waals surface area contributed by atoms with Crippen molar-refractivity contribution in [3.63, 3.8) is 0 Å². The van der Waals surface area contributed by atoms with Crippen LogP contribution in [0, 0.1) is 17.0 Å². The van der Waals surface area contributed by atoms with Crippen LogP contribution >= 0.6 is 11.6 Å². The van der Waals surface area contributed by atoms with E-state index in [9.17, 15) is 14.9 Å². The van der Waals surface area contributed by atoms with Crippen molar-refractivity contribution in [3.8, 4) is 0 Å². The second-order valence-electron chi connectivity index (χ2n) is 5.77. The third kappa shape index (κ3) is 4.07. The van der Waals surface area contributed by atoms with E-state index in [1.165, 1.54) is 18.2 Å². The summed E-state index contributed by atoms with van der Waals surface area (Å²) in [4.78, 5) is 22.7. The highest BCUT2D eigenvalue weighted by molar-refractivity contribution is 6.30. The molecule has 8 heteroatoms. The molecule has 0 aliphatic rings. The number of nitrogens with one attached hydrogen (secondary N) is 1. The molecule has 7 nitrogen and oxygen atoms in total. The standard InChI is InChI=1S/C18H15ClN4O3/c1-12-7-14(5-6-17(12)23(25)26)18(24)21-16-9-20-22(11-16)10-13-3-2-4-15(19)8-13/h2-9,11H,10H2,1H3,(H,21,24). The zero-order valence-electron chi connectivity index (χ0n) is 13.8. The summed E-state index contributed by atoms with van der Waals surface area (Å²) < 4.78 is 1.68. The molecular formula is C18H15ClN4O3. The van der Waals surface area contributed by atoms with E-state index < -0.39 is 4.92 Å². The number of hydrogen-bond donors (Lipinski definition) is 1. The van der Waals surface area contributed by atoms with E-state index in [0.29, 0.717) is 28.4 Å². The van der Waals surface area contributed by atoms with Gasteiger partial charge < -0.3 is 5.32 Å². The maximum atomic E-state index is 12.3. The molecular weight excluding hydrogens is 356 g/mol. The Bertz CT molecular complexity index is 984. The minimum absolute atomic E-state index is 0.0177. The van der Waals surface area contributed by atoms with E-state index in [4.69, 9.17) is 11.6 Å². The second-order valence-corrected chi connectivity index (χ2v) is 6.21. The van der Waals surface area contributed by atoms with Crippen molar-refractivity contribution in [1.29, 1.82) is 0 Å². The number of carbonyl (C=O) groups is 1. The van der Waals surface area contributed by atoms with E-state index >= 15 is 0 Å². The van der Waals surface area contributed by atoms with E-state index in [-0.39, 0.29) is 11.6 Å². The third-order valence-corrected chi connectivity index (χ3v) is 4.02. The van der Waals surface area contributed by atoms with Crippen LogP contribution in [0.2, 0.25) is 5.02 Å². The van der Waals surface area contributed by atoms with Crippen LogP contribution in [-0.4, -0.2) is 20.6 Å². The summed E-state index contributed by atoms with van der Waals surface area (Å²) in [7, 11) is 0. The molecule has 0 fully saturated rings. The van der Waals surface area contributed by atoms with Crippen LogP contribution in [0.25, 0.3) is 0 Å². The smallest absolute Gasteiger partial charge is 0.272 e. The number of halogens is 1. The maximum absolute atomic E-state index is 12.3. The zero-order chi connectivity index (χ0) is 18.7. The van der Waals surface area contributed by atoms with Gasteiger partial charge in [-0.25, -0.2) is 0 Å². The van der Waals surface area contributed by atoms with Gasteiger partial charge in [0.2, 0.25) is 0 Å². The van der Waals surface area contributed by atoms with E-state index in [1.807, 2.05) is 18.2 Å². The number of amides is 1. The van der Waals surface area contributed by atoms with Gasteiger partial charge in [-0.2, -0.15) is 5.10 Å². The molecule has 0 saturated heterocycles. The Morgan fingerprint density at radius 1 is 1.31 bits per heavy atom. The van der Waals surface area contributed by atoms with Gasteiger partial charge in [0.15, 0.2) is 0 Å². The van der Waals surface area contributed by atoms with Gasteiger partial charge in [0, 0.05) is 28.4 Å². The summed E-state index contributed by atoms with van der Waals surface area (Å²) in [6.45, 7) is 2.12.